The molecule has 0 unspecified atom stereocenters. The fourth-order valence-corrected chi connectivity index (χ4v) is 1.49. The number of hydrogen-bond donors (Lipinski definition) is 2. The van der Waals surface area contributed by atoms with E-state index in [0.717, 1.165) is 0 Å². The summed E-state index contributed by atoms with van der Waals surface area (Å²) in [5.74, 6) is -0.356. The van der Waals surface area contributed by atoms with Gasteiger partial charge in [-0.2, -0.15) is 5.10 Å². The number of fused-ring (bicyclic) bond motifs is 1. The number of benzene rings is 1. The van der Waals surface area contributed by atoms with Gasteiger partial charge in [0, 0.05) is 6.92 Å². The number of anilines is 1. The molecule has 0 saturated heterocycles. The molecule has 16 heavy (non-hydrogen) atoms. The van der Waals surface area contributed by atoms with Crippen molar-refractivity contribution < 1.29 is 9.72 Å². The zero-order valence-electron chi connectivity index (χ0n) is 8.35. The summed E-state index contributed by atoms with van der Waals surface area (Å²) >= 11 is 0. The molecule has 7 nitrogen and oxygen atoms in total. The van der Waals surface area contributed by atoms with Crippen LogP contribution in [0.5, 0.6) is 0 Å². The molecule has 2 aromatic rings. The maximum Gasteiger partial charge on any atom is 0.303 e. The van der Waals surface area contributed by atoms with Gasteiger partial charge in [0.25, 0.3) is 0 Å². The van der Waals surface area contributed by atoms with Crippen molar-refractivity contribution in [3.8, 4) is 0 Å². The highest BCUT2D eigenvalue weighted by atomic mass is 16.6. The minimum atomic E-state index is -0.539. The molecule has 0 aliphatic rings. The highest BCUT2D eigenvalue weighted by Crippen LogP contribution is 2.32. The normalized spacial score (nSPS) is 10.3. The Morgan fingerprint density at radius 3 is 2.94 bits per heavy atom. The molecule has 0 atom stereocenters. The number of nitro benzene ring substituents is 1. The van der Waals surface area contributed by atoms with Crippen molar-refractivity contribution in [2.75, 3.05) is 5.32 Å². The molecular weight excluding hydrogens is 212 g/mol. The summed E-state index contributed by atoms with van der Waals surface area (Å²) in [5.41, 5.74) is 0.577. The maximum absolute atomic E-state index is 10.9. The lowest BCUT2D eigenvalue weighted by molar-refractivity contribution is -0.382. The topological polar surface area (TPSA) is 101 Å². The van der Waals surface area contributed by atoms with E-state index >= 15 is 0 Å². The van der Waals surface area contributed by atoms with Crippen LogP contribution in [-0.4, -0.2) is 21.0 Å². The van der Waals surface area contributed by atoms with Crippen LogP contribution in [0.15, 0.2) is 18.3 Å². The fourth-order valence-electron chi connectivity index (χ4n) is 1.49. The lowest BCUT2D eigenvalue weighted by atomic mass is 10.2. The Morgan fingerprint density at radius 1 is 1.56 bits per heavy atom. The van der Waals surface area contributed by atoms with E-state index in [1.54, 1.807) is 6.07 Å². The van der Waals surface area contributed by atoms with Crippen molar-refractivity contribution in [1.82, 2.24) is 10.2 Å². The summed E-state index contributed by atoms with van der Waals surface area (Å²) in [6.07, 6.45) is 1.36. The van der Waals surface area contributed by atoms with Crippen molar-refractivity contribution in [1.29, 1.82) is 0 Å². The van der Waals surface area contributed by atoms with E-state index in [2.05, 4.69) is 15.5 Å². The van der Waals surface area contributed by atoms with Gasteiger partial charge in [0.05, 0.1) is 22.0 Å². The third kappa shape index (κ3) is 1.58. The second-order valence-corrected chi connectivity index (χ2v) is 3.23. The van der Waals surface area contributed by atoms with E-state index in [-0.39, 0.29) is 17.3 Å². The number of aromatic amines is 1. The number of aromatic nitrogens is 2. The van der Waals surface area contributed by atoms with Crippen LogP contribution in [0.1, 0.15) is 6.92 Å². The second kappa shape index (κ2) is 3.61. The number of nitro groups is 1. The van der Waals surface area contributed by atoms with Crippen molar-refractivity contribution in [2.24, 2.45) is 0 Å². The van der Waals surface area contributed by atoms with E-state index in [4.69, 9.17) is 0 Å². The van der Waals surface area contributed by atoms with Crippen LogP contribution >= 0.6 is 0 Å². The second-order valence-electron chi connectivity index (χ2n) is 3.23. The van der Waals surface area contributed by atoms with Gasteiger partial charge in [-0.3, -0.25) is 20.0 Å². The molecule has 2 N–H and O–H groups in total. The highest BCUT2D eigenvalue weighted by Gasteiger charge is 2.20. The molecule has 0 bridgehead atoms. The molecular formula is C9H8N4O3. The summed E-state index contributed by atoms with van der Waals surface area (Å²) in [6, 6.07) is 3.10. The van der Waals surface area contributed by atoms with Gasteiger partial charge in [0.1, 0.15) is 5.69 Å². The molecule has 0 aliphatic heterocycles. The summed E-state index contributed by atoms with van der Waals surface area (Å²) < 4.78 is 0. The summed E-state index contributed by atoms with van der Waals surface area (Å²) in [4.78, 5) is 21.3. The number of hydrogen-bond acceptors (Lipinski definition) is 4. The lowest BCUT2D eigenvalue weighted by Crippen LogP contribution is -2.08. The van der Waals surface area contributed by atoms with Crippen LogP contribution in [0.3, 0.4) is 0 Å². The molecule has 1 aromatic carbocycles. The van der Waals surface area contributed by atoms with Crippen molar-refractivity contribution in [3.05, 3.63) is 28.4 Å². The molecule has 0 radical (unpaired) electrons. The Balaban J connectivity index is 2.68. The monoisotopic (exact) mass is 220 g/mol. The number of carbonyl (C=O) groups excluding carboxylic acids is 1. The molecule has 0 spiro atoms. The molecule has 0 saturated carbocycles. The average Bonchev–Trinajstić information content (AvgIpc) is 2.63. The third-order valence-electron chi connectivity index (χ3n) is 2.09. The molecule has 0 aliphatic carbocycles. The first kappa shape index (κ1) is 10.1. The zero-order valence-corrected chi connectivity index (χ0v) is 8.35. The predicted octanol–water partition coefficient (Wildman–Crippen LogP) is 1.43. The van der Waals surface area contributed by atoms with Crippen molar-refractivity contribution in [3.63, 3.8) is 0 Å². The van der Waals surface area contributed by atoms with Gasteiger partial charge in [-0.15, -0.1) is 0 Å². The first-order valence-corrected chi connectivity index (χ1v) is 4.47. The maximum atomic E-state index is 10.9. The number of H-pyrrole nitrogens is 1. The molecule has 1 aromatic heterocycles. The molecule has 1 amide bonds. The van der Waals surface area contributed by atoms with Crippen molar-refractivity contribution in [2.45, 2.75) is 6.92 Å². The Bertz CT molecular complexity index is 575. The zero-order chi connectivity index (χ0) is 11.7. The van der Waals surface area contributed by atoms with E-state index in [9.17, 15) is 14.9 Å². The third-order valence-corrected chi connectivity index (χ3v) is 2.09. The SMILES string of the molecule is CC(=O)Nc1ccc2[nH]ncc2c1[N+](=O)[O-]. The van der Waals surface area contributed by atoms with Gasteiger partial charge >= 0.3 is 5.69 Å². The van der Waals surface area contributed by atoms with Crippen molar-refractivity contribution >= 4 is 28.2 Å². The molecule has 7 heteroatoms. The van der Waals surface area contributed by atoms with Crippen LogP contribution in [-0.2, 0) is 4.79 Å². The highest BCUT2D eigenvalue weighted by molar-refractivity contribution is 5.99. The van der Waals surface area contributed by atoms with Gasteiger partial charge in [-0.25, -0.2) is 0 Å². The van der Waals surface area contributed by atoms with Crippen LogP contribution in [0.2, 0.25) is 0 Å². The number of amides is 1. The molecule has 0 fully saturated rings. The number of nitrogens with zero attached hydrogens (tertiary/aromatic N) is 2. The smallest absolute Gasteiger partial charge is 0.303 e. The summed E-state index contributed by atoms with van der Waals surface area (Å²) in [6.45, 7) is 1.29. The molecule has 1 heterocycles. The van der Waals surface area contributed by atoms with E-state index in [1.165, 1.54) is 19.2 Å². The molecule has 82 valence electrons. The van der Waals surface area contributed by atoms with Crippen LogP contribution in [0.25, 0.3) is 10.9 Å². The number of carbonyl (C=O) groups is 1. The fraction of sp³-hybridized carbons (Fsp3) is 0.111. The minimum absolute atomic E-state index is 0.151. The van der Waals surface area contributed by atoms with Crippen LogP contribution in [0, 0.1) is 10.1 Å². The number of rotatable bonds is 2. The van der Waals surface area contributed by atoms with Gasteiger partial charge in [0.2, 0.25) is 5.91 Å². The Labute approximate surface area is 89.6 Å². The average molecular weight is 220 g/mol. The van der Waals surface area contributed by atoms with E-state index in [0.29, 0.717) is 10.9 Å². The first-order valence-electron chi connectivity index (χ1n) is 4.47. The van der Waals surface area contributed by atoms with Gasteiger partial charge < -0.3 is 5.32 Å². The quantitative estimate of drug-likeness (QED) is 0.590. The Morgan fingerprint density at radius 2 is 2.31 bits per heavy atom. The largest absolute Gasteiger partial charge is 0.321 e. The first-order chi connectivity index (χ1) is 7.59. The van der Waals surface area contributed by atoms with Gasteiger partial charge in [0.15, 0.2) is 0 Å². The summed E-state index contributed by atoms with van der Waals surface area (Å²) in [7, 11) is 0. The predicted molar refractivity (Wildman–Crippen MR) is 57.1 cm³/mol. The Kier molecular flexibility index (Phi) is 2.28. The van der Waals surface area contributed by atoms with Crippen LogP contribution < -0.4 is 5.32 Å². The van der Waals surface area contributed by atoms with E-state index in [1.807, 2.05) is 0 Å². The standard InChI is InChI=1S/C9H8N4O3/c1-5(14)11-8-3-2-7-6(4-10-12-7)9(8)13(15)16/h2-4H,1H3,(H,10,12)(H,11,14). The van der Waals surface area contributed by atoms with Crippen LogP contribution in [0.4, 0.5) is 11.4 Å². The Hall–Kier alpha value is -2.44. The minimum Gasteiger partial charge on any atom is -0.321 e. The van der Waals surface area contributed by atoms with E-state index < -0.39 is 4.92 Å². The number of nitrogens with one attached hydrogen (secondary N) is 2. The van der Waals surface area contributed by atoms with Gasteiger partial charge in [-0.1, -0.05) is 0 Å². The van der Waals surface area contributed by atoms with Gasteiger partial charge in [-0.05, 0) is 12.1 Å². The lowest BCUT2D eigenvalue weighted by Gasteiger charge is -2.03. The summed E-state index contributed by atoms with van der Waals surface area (Å²) in [5, 5.41) is 20.1. The molecule has 2 rings (SSSR count).